The molecule has 1 heterocycles. The summed E-state index contributed by atoms with van der Waals surface area (Å²) in [5.41, 5.74) is 1.78. The first-order valence-electron chi connectivity index (χ1n) is 4.40. The Morgan fingerprint density at radius 2 is 2.21 bits per heavy atom. The maximum atomic E-state index is 10.9. The molecular weight excluding hydrogens is 202 g/mol. The molecule has 0 amide bonds. The molecule has 0 fully saturated rings. The van der Waals surface area contributed by atoms with Gasteiger partial charge in [-0.05, 0) is 13.8 Å². The molecule has 1 rings (SSSR count). The van der Waals surface area contributed by atoms with E-state index in [-0.39, 0.29) is 0 Å². The molecule has 5 nitrogen and oxygen atoms in total. The van der Waals surface area contributed by atoms with Gasteiger partial charge >= 0.3 is 0 Å². The molecule has 1 N–H and O–H groups in total. The van der Waals surface area contributed by atoms with E-state index in [4.69, 9.17) is 0 Å². The Hall–Kier alpha value is -0.880. The van der Waals surface area contributed by atoms with Gasteiger partial charge in [0.1, 0.15) is 0 Å². The Labute approximate surface area is 84.2 Å². The van der Waals surface area contributed by atoms with Crippen molar-refractivity contribution in [2.45, 2.75) is 26.9 Å². The van der Waals surface area contributed by atoms with Crippen LogP contribution in [0.3, 0.4) is 0 Å². The van der Waals surface area contributed by atoms with Crippen molar-refractivity contribution in [3.63, 3.8) is 0 Å². The SMILES string of the molecule is CCn1cc(CNS(C)(=O)=O)c(C)n1. The van der Waals surface area contributed by atoms with E-state index in [0.29, 0.717) is 6.54 Å². The summed E-state index contributed by atoms with van der Waals surface area (Å²) in [4.78, 5) is 0. The van der Waals surface area contributed by atoms with Gasteiger partial charge < -0.3 is 0 Å². The topological polar surface area (TPSA) is 64.0 Å². The van der Waals surface area contributed by atoms with E-state index < -0.39 is 10.0 Å². The van der Waals surface area contributed by atoms with Crippen molar-refractivity contribution < 1.29 is 8.42 Å². The van der Waals surface area contributed by atoms with Gasteiger partial charge in [0.25, 0.3) is 0 Å². The van der Waals surface area contributed by atoms with Gasteiger partial charge in [-0.1, -0.05) is 0 Å². The molecule has 0 saturated carbocycles. The maximum Gasteiger partial charge on any atom is 0.209 e. The normalized spacial score (nSPS) is 11.9. The highest BCUT2D eigenvalue weighted by Gasteiger charge is 2.06. The van der Waals surface area contributed by atoms with Gasteiger partial charge in [0.15, 0.2) is 0 Å². The van der Waals surface area contributed by atoms with E-state index in [2.05, 4.69) is 9.82 Å². The lowest BCUT2D eigenvalue weighted by atomic mass is 10.3. The molecule has 0 atom stereocenters. The van der Waals surface area contributed by atoms with Crippen LogP contribution in [0.25, 0.3) is 0 Å². The lowest BCUT2D eigenvalue weighted by molar-refractivity contribution is 0.587. The zero-order chi connectivity index (χ0) is 10.8. The quantitative estimate of drug-likeness (QED) is 0.787. The highest BCUT2D eigenvalue weighted by Crippen LogP contribution is 2.05. The summed E-state index contributed by atoms with van der Waals surface area (Å²) in [6.45, 7) is 4.95. The smallest absolute Gasteiger partial charge is 0.209 e. The van der Waals surface area contributed by atoms with E-state index in [1.54, 1.807) is 4.68 Å². The standard InChI is InChI=1S/C8H15N3O2S/c1-4-11-6-8(7(2)10-11)5-9-14(3,12)13/h6,9H,4-5H2,1-3H3. The minimum atomic E-state index is -3.12. The third-order valence-electron chi connectivity index (χ3n) is 1.90. The van der Waals surface area contributed by atoms with Crippen LogP contribution in [0, 0.1) is 6.92 Å². The van der Waals surface area contributed by atoms with Gasteiger partial charge in [0.05, 0.1) is 11.9 Å². The molecule has 6 heteroatoms. The summed E-state index contributed by atoms with van der Waals surface area (Å²) in [6, 6.07) is 0. The number of hydrogen-bond donors (Lipinski definition) is 1. The number of hydrogen-bond acceptors (Lipinski definition) is 3. The Kier molecular flexibility index (Phi) is 3.28. The molecule has 1 aromatic heterocycles. The number of sulfonamides is 1. The van der Waals surface area contributed by atoms with Crippen LogP contribution < -0.4 is 4.72 Å². The molecule has 0 bridgehead atoms. The van der Waals surface area contributed by atoms with Crippen molar-refractivity contribution in [2.24, 2.45) is 0 Å². The van der Waals surface area contributed by atoms with E-state index in [1.165, 1.54) is 0 Å². The molecule has 0 spiro atoms. The average Bonchev–Trinajstić information content (AvgIpc) is 2.42. The van der Waals surface area contributed by atoms with E-state index in [0.717, 1.165) is 24.1 Å². The monoisotopic (exact) mass is 217 g/mol. The van der Waals surface area contributed by atoms with Gasteiger partial charge in [-0.3, -0.25) is 4.68 Å². The van der Waals surface area contributed by atoms with Crippen LogP contribution in [0.4, 0.5) is 0 Å². The number of rotatable bonds is 4. The van der Waals surface area contributed by atoms with Gasteiger partial charge in [0, 0.05) is 24.8 Å². The Morgan fingerprint density at radius 1 is 1.57 bits per heavy atom. The second-order valence-corrected chi connectivity index (χ2v) is 5.02. The summed E-state index contributed by atoms with van der Waals surface area (Å²) in [6.07, 6.45) is 3.00. The fourth-order valence-corrected chi connectivity index (χ4v) is 1.52. The van der Waals surface area contributed by atoms with Crippen LogP contribution in [0.15, 0.2) is 6.20 Å². The zero-order valence-corrected chi connectivity index (χ0v) is 9.43. The second-order valence-electron chi connectivity index (χ2n) is 3.19. The number of nitrogens with zero attached hydrogens (tertiary/aromatic N) is 2. The summed E-state index contributed by atoms with van der Waals surface area (Å²) in [5, 5.41) is 4.21. The van der Waals surface area contributed by atoms with Gasteiger partial charge in [-0.15, -0.1) is 0 Å². The minimum Gasteiger partial charge on any atom is -0.272 e. The molecule has 0 radical (unpaired) electrons. The maximum absolute atomic E-state index is 10.9. The summed E-state index contributed by atoms with van der Waals surface area (Å²) >= 11 is 0. The van der Waals surface area contributed by atoms with Crippen molar-refractivity contribution in [3.8, 4) is 0 Å². The van der Waals surface area contributed by atoms with Gasteiger partial charge in [-0.25, -0.2) is 13.1 Å². The first-order chi connectivity index (χ1) is 6.42. The molecule has 0 unspecified atom stereocenters. The molecule has 14 heavy (non-hydrogen) atoms. The minimum absolute atomic E-state index is 0.310. The van der Waals surface area contributed by atoms with E-state index in [1.807, 2.05) is 20.0 Å². The number of nitrogens with one attached hydrogen (secondary N) is 1. The first kappa shape index (κ1) is 11.2. The predicted molar refractivity (Wildman–Crippen MR) is 54.3 cm³/mol. The highest BCUT2D eigenvalue weighted by molar-refractivity contribution is 7.88. The molecule has 80 valence electrons. The third kappa shape index (κ3) is 3.12. The van der Waals surface area contributed by atoms with Gasteiger partial charge in [-0.2, -0.15) is 5.10 Å². The van der Waals surface area contributed by atoms with Crippen molar-refractivity contribution >= 4 is 10.0 Å². The van der Waals surface area contributed by atoms with E-state index >= 15 is 0 Å². The van der Waals surface area contributed by atoms with Gasteiger partial charge in [0.2, 0.25) is 10.0 Å². The fourth-order valence-electron chi connectivity index (χ4n) is 1.10. The van der Waals surface area contributed by atoms with Crippen LogP contribution in [0.5, 0.6) is 0 Å². The number of aromatic nitrogens is 2. The Morgan fingerprint density at radius 3 is 2.64 bits per heavy atom. The highest BCUT2D eigenvalue weighted by atomic mass is 32.2. The number of aryl methyl sites for hydroxylation is 2. The van der Waals surface area contributed by atoms with Crippen molar-refractivity contribution in [3.05, 3.63) is 17.5 Å². The summed E-state index contributed by atoms with van der Waals surface area (Å²) in [5.74, 6) is 0. The van der Waals surface area contributed by atoms with Crippen molar-refractivity contribution in [2.75, 3.05) is 6.26 Å². The molecular formula is C8H15N3O2S. The zero-order valence-electron chi connectivity index (χ0n) is 8.61. The van der Waals surface area contributed by atoms with Crippen LogP contribution in [0.2, 0.25) is 0 Å². The molecule has 0 saturated heterocycles. The van der Waals surface area contributed by atoms with Crippen LogP contribution in [0.1, 0.15) is 18.2 Å². The average molecular weight is 217 g/mol. The second kappa shape index (κ2) is 4.10. The lowest BCUT2D eigenvalue weighted by Crippen LogP contribution is -2.21. The van der Waals surface area contributed by atoms with Crippen molar-refractivity contribution in [1.82, 2.24) is 14.5 Å². The van der Waals surface area contributed by atoms with Crippen LogP contribution in [-0.2, 0) is 23.1 Å². The molecule has 0 aromatic carbocycles. The largest absolute Gasteiger partial charge is 0.272 e. The van der Waals surface area contributed by atoms with E-state index in [9.17, 15) is 8.42 Å². The Balaban J connectivity index is 2.72. The van der Waals surface area contributed by atoms with Crippen molar-refractivity contribution in [1.29, 1.82) is 0 Å². The lowest BCUT2D eigenvalue weighted by Gasteiger charge is -1.99. The van der Waals surface area contributed by atoms with Crippen LogP contribution >= 0.6 is 0 Å². The third-order valence-corrected chi connectivity index (χ3v) is 2.57. The Bertz CT molecular complexity index is 408. The molecule has 1 aromatic rings. The van der Waals surface area contributed by atoms with Crippen LogP contribution in [-0.4, -0.2) is 24.5 Å². The summed E-state index contributed by atoms with van der Waals surface area (Å²) < 4.78 is 25.9. The summed E-state index contributed by atoms with van der Waals surface area (Å²) in [7, 11) is -3.12. The predicted octanol–water partition coefficient (Wildman–Crippen LogP) is 0.261. The molecule has 0 aliphatic rings. The molecule has 0 aliphatic heterocycles. The molecule has 0 aliphatic carbocycles. The first-order valence-corrected chi connectivity index (χ1v) is 6.29. The fraction of sp³-hybridized carbons (Fsp3) is 0.625.